The lowest BCUT2D eigenvalue weighted by Gasteiger charge is -2.04. The third-order valence-electron chi connectivity index (χ3n) is 0.778. The molecule has 64 valence electrons. The molecule has 0 aliphatic heterocycles. The zero-order chi connectivity index (χ0) is 8.69. The third kappa shape index (κ3) is 6.75. The molecule has 0 spiro atoms. The summed E-state index contributed by atoms with van der Waals surface area (Å²) in [6.07, 6.45) is 0. The average Bonchev–Trinajstić information content (AvgIpc) is 1.87. The lowest BCUT2D eigenvalue weighted by Crippen LogP contribution is -2.45. The highest BCUT2D eigenvalue weighted by Crippen LogP contribution is 1.57. The van der Waals surface area contributed by atoms with Crippen LogP contribution < -0.4 is 21.7 Å². The quantitative estimate of drug-likeness (QED) is 0.354. The molecule has 6 nitrogen and oxygen atoms in total. The van der Waals surface area contributed by atoms with Crippen molar-refractivity contribution in [1.82, 2.24) is 21.7 Å². The van der Waals surface area contributed by atoms with Gasteiger partial charge < -0.3 is 0 Å². The number of hydrazine groups is 2. The molecular weight excluding hydrogens is 148 g/mol. The molecule has 0 aliphatic carbocycles. The first-order valence-corrected chi connectivity index (χ1v) is 3.12. The summed E-state index contributed by atoms with van der Waals surface area (Å²) in [6, 6.07) is 0. The van der Waals surface area contributed by atoms with Gasteiger partial charge in [0, 0.05) is 14.0 Å². The molecular formula is C5H12N4O2. The second-order valence-corrected chi connectivity index (χ2v) is 1.83. The van der Waals surface area contributed by atoms with Gasteiger partial charge in [0.05, 0.1) is 6.54 Å². The molecule has 0 bridgehead atoms. The van der Waals surface area contributed by atoms with E-state index >= 15 is 0 Å². The topological polar surface area (TPSA) is 82.3 Å². The van der Waals surface area contributed by atoms with Crippen molar-refractivity contribution in [2.45, 2.75) is 6.92 Å². The normalized spacial score (nSPS) is 8.91. The molecule has 2 amide bonds. The first kappa shape index (κ1) is 9.86. The van der Waals surface area contributed by atoms with Gasteiger partial charge in [-0.15, -0.1) is 0 Å². The predicted molar refractivity (Wildman–Crippen MR) is 39.0 cm³/mol. The van der Waals surface area contributed by atoms with Crippen LogP contribution >= 0.6 is 0 Å². The summed E-state index contributed by atoms with van der Waals surface area (Å²) in [6.45, 7) is 1.39. The number of hydrogen-bond donors (Lipinski definition) is 4. The van der Waals surface area contributed by atoms with Gasteiger partial charge in [0.25, 0.3) is 0 Å². The van der Waals surface area contributed by atoms with Crippen LogP contribution in [0.3, 0.4) is 0 Å². The van der Waals surface area contributed by atoms with Gasteiger partial charge in [0.2, 0.25) is 11.8 Å². The van der Waals surface area contributed by atoms with Crippen LogP contribution in [0.1, 0.15) is 6.92 Å². The van der Waals surface area contributed by atoms with Crippen molar-refractivity contribution in [2.75, 3.05) is 13.6 Å². The number of hydrogen-bond acceptors (Lipinski definition) is 4. The zero-order valence-corrected chi connectivity index (χ0v) is 6.52. The Morgan fingerprint density at radius 2 is 1.91 bits per heavy atom. The van der Waals surface area contributed by atoms with Gasteiger partial charge in [-0.1, -0.05) is 0 Å². The number of nitrogens with one attached hydrogen (secondary N) is 4. The minimum absolute atomic E-state index is 0.0421. The molecule has 4 N–H and O–H groups in total. The Bertz CT molecular complexity index is 147. The molecule has 0 saturated heterocycles. The fraction of sp³-hybridized carbons (Fsp3) is 0.600. The van der Waals surface area contributed by atoms with Crippen molar-refractivity contribution in [1.29, 1.82) is 0 Å². The third-order valence-corrected chi connectivity index (χ3v) is 0.778. The van der Waals surface area contributed by atoms with Crippen LogP contribution in [0.4, 0.5) is 0 Å². The maximum atomic E-state index is 10.6. The van der Waals surface area contributed by atoms with Crippen molar-refractivity contribution in [2.24, 2.45) is 0 Å². The summed E-state index contributed by atoms with van der Waals surface area (Å²) in [7, 11) is 1.58. The summed E-state index contributed by atoms with van der Waals surface area (Å²) in [5, 5.41) is 0. The largest absolute Gasteiger partial charge is 0.291 e. The summed E-state index contributed by atoms with van der Waals surface area (Å²) < 4.78 is 0. The number of carbonyl (C=O) groups excluding carboxylic acids is 2. The van der Waals surface area contributed by atoms with Crippen molar-refractivity contribution in [3.05, 3.63) is 0 Å². The Kier molecular flexibility index (Phi) is 5.05. The maximum Gasteiger partial charge on any atom is 0.249 e. The molecule has 0 unspecified atom stereocenters. The zero-order valence-electron chi connectivity index (χ0n) is 6.52. The van der Waals surface area contributed by atoms with Crippen molar-refractivity contribution < 1.29 is 9.59 Å². The van der Waals surface area contributed by atoms with Crippen LogP contribution in [0.5, 0.6) is 0 Å². The molecule has 0 aromatic heterocycles. The highest BCUT2D eigenvalue weighted by atomic mass is 16.2. The lowest BCUT2D eigenvalue weighted by atomic mass is 10.6. The van der Waals surface area contributed by atoms with Crippen LogP contribution in [-0.4, -0.2) is 25.4 Å². The van der Waals surface area contributed by atoms with E-state index in [1.807, 2.05) is 0 Å². The predicted octanol–water partition coefficient (Wildman–Crippen LogP) is -2.12. The first-order chi connectivity index (χ1) is 5.16. The van der Waals surface area contributed by atoms with Gasteiger partial charge in [0.1, 0.15) is 0 Å². The SMILES string of the molecule is CNNC(=O)CNNC(C)=O. The van der Waals surface area contributed by atoms with Crippen LogP contribution in [0.2, 0.25) is 0 Å². The van der Waals surface area contributed by atoms with Gasteiger partial charge in [0.15, 0.2) is 0 Å². The van der Waals surface area contributed by atoms with Crippen molar-refractivity contribution in [3.63, 3.8) is 0 Å². The van der Waals surface area contributed by atoms with Gasteiger partial charge in [-0.05, 0) is 0 Å². The molecule has 6 heteroatoms. The number of amides is 2. The van der Waals surface area contributed by atoms with Gasteiger partial charge in [-0.3, -0.25) is 20.4 Å². The summed E-state index contributed by atoms with van der Waals surface area (Å²) >= 11 is 0. The molecule has 0 heterocycles. The smallest absolute Gasteiger partial charge is 0.249 e. The van der Waals surface area contributed by atoms with E-state index in [4.69, 9.17) is 0 Å². The maximum absolute atomic E-state index is 10.6. The highest BCUT2D eigenvalue weighted by molar-refractivity contribution is 5.78. The Balaban J connectivity index is 3.24. The first-order valence-electron chi connectivity index (χ1n) is 3.12. The molecule has 0 aromatic rings. The van der Waals surface area contributed by atoms with E-state index in [2.05, 4.69) is 21.7 Å². The molecule has 0 aliphatic rings. The summed E-state index contributed by atoms with van der Waals surface area (Å²) in [5.74, 6) is -0.483. The van der Waals surface area contributed by atoms with Crippen molar-refractivity contribution in [3.8, 4) is 0 Å². The van der Waals surface area contributed by atoms with Crippen LogP contribution in [-0.2, 0) is 9.59 Å². The van der Waals surface area contributed by atoms with E-state index in [-0.39, 0.29) is 18.4 Å². The molecule has 0 saturated carbocycles. The Hall–Kier alpha value is -1.14. The summed E-state index contributed by atoms with van der Waals surface area (Å²) in [4.78, 5) is 20.9. The highest BCUT2D eigenvalue weighted by Gasteiger charge is 1.96. The molecule has 0 fully saturated rings. The molecule has 0 radical (unpaired) electrons. The van der Waals surface area contributed by atoms with E-state index < -0.39 is 0 Å². The van der Waals surface area contributed by atoms with Crippen LogP contribution in [0.25, 0.3) is 0 Å². The van der Waals surface area contributed by atoms with E-state index in [1.54, 1.807) is 7.05 Å². The van der Waals surface area contributed by atoms with Crippen molar-refractivity contribution >= 4 is 11.8 Å². The van der Waals surface area contributed by atoms with E-state index in [0.717, 1.165) is 0 Å². The van der Waals surface area contributed by atoms with Crippen LogP contribution in [0, 0.1) is 0 Å². The van der Waals surface area contributed by atoms with Gasteiger partial charge in [-0.25, -0.2) is 10.9 Å². The molecule has 0 aromatic carbocycles. The average molecular weight is 160 g/mol. The minimum Gasteiger partial charge on any atom is -0.291 e. The molecule has 0 rings (SSSR count). The molecule has 11 heavy (non-hydrogen) atoms. The molecule has 0 atom stereocenters. The Labute approximate surface area is 64.7 Å². The van der Waals surface area contributed by atoms with Gasteiger partial charge >= 0.3 is 0 Å². The van der Waals surface area contributed by atoms with Gasteiger partial charge in [-0.2, -0.15) is 0 Å². The minimum atomic E-state index is -0.249. The van der Waals surface area contributed by atoms with E-state index in [0.29, 0.717) is 0 Å². The fourth-order valence-corrected chi connectivity index (χ4v) is 0.433. The standard InChI is InChI=1S/C5H12N4O2/c1-4(10)8-7-3-5(11)9-6-2/h6-7H,3H2,1-2H3,(H,8,10)(H,9,11). The second kappa shape index (κ2) is 5.63. The lowest BCUT2D eigenvalue weighted by molar-refractivity contribution is -0.122. The Morgan fingerprint density at radius 1 is 1.27 bits per heavy atom. The summed E-state index contributed by atoms with van der Waals surface area (Å²) in [5.41, 5.74) is 9.44. The van der Waals surface area contributed by atoms with Crippen LogP contribution in [0.15, 0.2) is 0 Å². The number of rotatable bonds is 4. The monoisotopic (exact) mass is 160 g/mol. The van der Waals surface area contributed by atoms with E-state index in [1.165, 1.54) is 6.92 Å². The fourth-order valence-electron chi connectivity index (χ4n) is 0.433. The Morgan fingerprint density at radius 3 is 2.36 bits per heavy atom. The second-order valence-electron chi connectivity index (χ2n) is 1.83. The van der Waals surface area contributed by atoms with E-state index in [9.17, 15) is 9.59 Å². The number of carbonyl (C=O) groups is 2.